The number of methoxy groups -OCH3 is 1. The highest BCUT2D eigenvalue weighted by atomic mass is 16.5. The SMILES string of the molecule is COc1ccc(C2(C)NC(=O)N(CC(=O)Nc3ccc(-c4nc5ccccc5[nH]4)cc3)C2=O)cc1. The molecule has 1 atom stereocenters. The molecule has 9 nitrogen and oxygen atoms in total. The van der Waals surface area contributed by atoms with E-state index in [1.54, 1.807) is 50.4 Å². The fourth-order valence-electron chi connectivity index (χ4n) is 4.11. The van der Waals surface area contributed by atoms with Gasteiger partial charge in [-0.3, -0.25) is 14.5 Å². The van der Waals surface area contributed by atoms with Crippen molar-refractivity contribution >= 4 is 34.6 Å². The van der Waals surface area contributed by atoms with E-state index in [-0.39, 0.29) is 0 Å². The number of aromatic nitrogens is 2. The number of ether oxygens (including phenoxy) is 1. The number of hydrogen-bond acceptors (Lipinski definition) is 5. The minimum atomic E-state index is -1.27. The van der Waals surface area contributed by atoms with Gasteiger partial charge in [-0.25, -0.2) is 9.78 Å². The Morgan fingerprint density at radius 3 is 2.43 bits per heavy atom. The third-order valence-electron chi connectivity index (χ3n) is 6.08. The van der Waals surface area contributed by atoms with E-state index in [0.29, 0.717) is 17.0 Å². The number of urea groups is 1. The predicted molar refractivity (Wildman–Crippen MR) is 131 cm³/mol. The molecule has 1 fully saturated rings. The first-order valence-electron chi connectivity index (χ1n) is 11.0. The third-order valence-corrected chi connectivity index (χ3v) is 6.08. The van der Waals surface area contributed by atoms with Crippen molar-refractivity contribution in [3.05, 3.63) is 78.4 Å². The van der Waals surface area contributed by atoms with Crippen LogP contribution in [0.25, 0.3) is 22.4 Å². The molecule has 0 spiro atoms. The summed E-state index contributed by atoms with van der Waals surface area (Å²) in [5, 5.41) is 5.43. The van der Waals surface area contributed by atoms with E-state index in [0.717, 1.165) is 27.3 Å². The van der Waals surface area contributed by atoms with Gasteiger partial charge >= 0.3 is 6.03 Å². The van der Waals surface area contributed by atoms with Crippen molar-refractivity contribution in [1.82, 2.24) is 20.2 Å². The maximum atomic E-state index is 13.1. The fourth-order valence-corrected chi connectivity index (χ4v) is 4.11. The number of carbonyl (C=O) groups is 3. The Kier molecular flexibility index (Phi) is 5.44. The number of benzene rings is 3. The maximum absolute atomic E-state index is 13.1. The number of rotatable bonds is 6. The van der Waals surface area contributed by atoms with Crippen molar-refractivity contribution in [1.29, 1.82) is 0 Å². The van der Waals surface area contributed by atoms with Gasteiger partial charge in [0.1, 0.15) is 23.7 Å². The Labute approximate surface area is 201 Å². The molecule has 3 aromatic carbocycles. The Morgan fingerprint density at radius 2 is 1.74 bits per heavy atom. The minimum Gasteiger partial charge on any atom is -0.497 e. The molecular weight excluding hydrogens is 446 g/mol. The van der Waals surface area contributed by atoms with E-state index in [1.165, 1.54) is 0 Å². The summed E-state index contributed by atoms with van der Waals surface area (Å²) < 4.78 is 5.15. The Bertz CT molecular complexity index is 1400. The number of imide groups is 1. The number of imidazole rings is 1. The van der Waals surface area contributed by atoms with E-state index < -0.39 is 29.9 Å². The second-order valence-corrected chi connectivity index (χ2v) is 8.40. The van der Waals surface area contributed by atoms with E-state index in [9.17, 15) is 14.4 Å². The second kappa shape index (κ2) is 8.60. The highest BCUT2D eigenvalue weighted by Crippen LogP contribution is 2.30. The first kappa shape index (κ1) is 22.1. The summed E-state index contributed by atoms with van der Waals surface area (Å²) in [7, 11) is 1.55. The number of hydrogen-bond donors (Lipinski definition) is 3. The van der Waals surface area contributed by atoms with Gasteiger partial charge < -0.3 is 20.4 Å². The fraction of sp³-hybridized carbons (Fsp3) is 0.154. The molecule has 2 heterocycles. The molecule has 3 N–H and O–H groups in total. The zero-order valence-electron chi connectivity index (χ0n) is 19.2. The van der Waals surface area contributed by atoms with Crippen LogP contribution in [0.5, 0.6) is 5.75 Å². The van der Waals surface area contributed by atoms with Crippen LogP contribution in [0.1, 0.15) is 12.5 Å². The Balaban J connectivity index is 1.25. The average molecular weight is 470 g/mol. The molecule has 0 radical (unpaired) electrons. The van der Waals surface area contributed by atoms with E-state index in [1.807, 2.05) is 36.4 Å². The van der Waals surface area contributed by atoms with Gasteiger partial charge in [0.25, 0.3) is 5.91 Å². The van der Waals surface area contributed by atoms with Gasteiger partial charge in [-0.05, 0) is 61.0 Å². The number of aromatic amines is 1. The van der Waals surface area contributed by atoms with Crippen molar-refractivity contribution < 1.29 is 19.1 Å². The van der Waals surface area contributed by atoms with Crippen LogP contribution in [-0.4, -0.2) is 46.4 Å². The number of para-hydroxylation sites is 2. The largest absolute Gasteiger partial charge is 0.497 e. The van der Waals surface area contributed by atoms with Gasteiger partial charge in [0, 0.05) is 11.3 Å². The summed E-state index contributed by atoms with van der Waals surface area (Å²) in [4.78, 5) is 47.0. The summed E-state index contributed by atoms with van der Waals surface area (Å²) in [6.07, 6.45) is 0. The molecule has 1 aliphatic rings. The van der Waals surface area contributed by atoms with Gasteiger partial charge in [-0.15, -0.1) is 0 Å². The summed E-state index contributed by atoms with van der Waals surface area (Å²) in [5.74, 6) is 0.380. The molecule has 1 saturated heterocycles. The van der Waals surface area contributed by atoms with Gasteiger partial charge in [0.15, 0.2) is 0 Å². The lowest BCUT2D eigenvalue weighted by atomic mass is 9.92. The number of nitrogens with one attached hydrogen (secondary N) is 3. The molecule has 4 amide bonds. The van der Waals surface area contributed by atoms with Gasteiger partial charge in [0.2, 0.25) is 5.91 Å². The molecule has 4 aromatic rings. The summed E-state index contributed by atoms with van der Waals surface area (Å²) in [5.41, 5.74) is 2.55. The minimum absolute atomic E-state index is 0.401. The molecule has 1 aromatic heterocycles. The standard InChI is InChI=1S/C26H23N5O4/c1-26(17-9-13-19(35-2)14-10-17)24(33)31(25(34)30-26)15-22(32)27-18-11-7-16(8-12-18)23-28-20-5-3-4-6-21(20)29-23/h3-14H,15H2,1-2H3,(H,27,32)(H,28,29)(H,30,34). The van der Waals surface area contributed by atoms with E-state index >= 15 is 0 Å². The molecule has 0 aliphatic carbocycles. The van der Waals surface area contributed by atoms with Crippen LogP contribution in [0.4, 0.5) is 10.5 Å². The highest BCUT2D eigenvalue weighted by Gasteiger charge is 2.49. The van der Waals surface area contributed by atoms with Gasteiger partial charge in [-0.1, -0.05) is 24.3 Å². The molecule has 1 aliphatic heterocycles. The lowest BCUT2D eigenvalue weighted by molar-refractivity contribution is -0.133. The quantitative estimate of drug-likeness (QED) is 0.373. The van der Waals surface area contributed by atoms with Crippen LogP contribution >= 0.6 is 0 Å². The smallest absolute Gasteiger partial charge is 0.325 e. The van der Waals surface area contributed by atoms with Crippen molar-refractivity contribution in [3.63, 3.8) is 0 Å². The van der Waals surface area contributed by atoms with E-state index in [4.69, 9.17) is 4.74 Å². The molecule has 176 valence electrons. The molecule has 35 heavy (non-hydrogen) atoms. The lowest BCUT2D eigenvalue weighted by Crippen LogP contribution is -2.42. The number of carbonyl (C=O) groups excluding carboxylic acids is 3. The van der Waals surface area contributed by atoms with Gasteiger partial charge in [-0.2, -0.15) is 0 Å². The Hall–Kier alpha value is -4.66. The van der Waals surface area contributed by atoms with Crippen LogP contribution in [0, 0.1) is 0 Å². The number of H-pyrrole nitrogens is 1. The average Bonchev–Trinajstić information content (AvgIpc) is 3.40. The number of amides is 4. The third kappa shape index (κ3) is 4.08. The summed E-state index contributed by atoms with van der Waals surface area (Å²) in [6.45, 7) is 1.21. The van der Waals surface area contributed by atoms with Crippen LogP contribution in [0.3, 0.4) is 0 Å². The van der Waals surface area contributed by atoms with Crippen molar-refractivity contribution in [3.8, 4) is 17.1 Å². The van der Waals surface area contributed by atoms with Crippen LogP contribution < -0.4 is 15.4 Å². The van der Waals surface area contributed by atoms with Crippen molar-refractivity contribution in [2.24, 2.45) is 0 Å². The van der Waals surface area contributed by atoms with Crippen molar-refractivity contribution in [2.75, 3.05) is 19.0 Å². The molecule has 0 bridgehead atoms. The van der Waals surface area contributed by atoms with Gasteiger partial charge in [0.05, 0.1) is 18.1 Å². The monoisotopic (exact) mass is 469 g/mol. The number of anilines is 1. The molecule has 0 saturated carbocycles. The topological polar surface area (TPSA) is 116 Å². The zero-order valence-corrected chi connectivity index (χ0v) is 19.2. The highest BCUT2D eigenvalue weighted by molar-refractivity contribution is 6.10. The molecule has 9 heteroatoms. The predicted octanol–water partition coefficient (Wildman–Crippen LogP) is 3.64. The number of fused-ring (bicyclic) bond motifs is 1. The molecule has 1 unspecified atom stereocenters. The zero-order chi connectivity index (χ0) is 24.6. The maximum Gasteiger partial charge on any atom is 0.325 e. The first-order chi connectivity index (χ1) is 16.9. The number of nitrogens with zero attached hydrogens (tertiary/aromatic N) is 2. The summed E-state index contributed by atoms with van der Waals surface area (Å²) >= 11 is 0. The van der Waals surface area contributed by atoms with Crippen LogP contribution in [0.2, 0.25) is 0 Å². The normalized spacial score (nSPS) is 17.5. The Morgan fingerprint density at radius 1 is 1.03 bits per heavy atom. The lowest BCUT2D eigenvalue weighted by Gasteiger charge is -2.22. The van der Waals surface area contributed by atoms with Crippen LogP contribution in [-0.2, 0) is 15.1 Å². The molecular formula is C26H23N5O4. The summed E-state index contributed by atoms with van der Waals surface area (Å²) in [6, 6.07) is 21.1. The van der Waals surface area contributed by atoms with Crippen LogP contribution in [0.15, 0.2) is 72.8 Å². The second-order valence-electron chi connectivity index (χ2n) is 8.40. The first-order valence-corrected chi connectivity index (χ1v) is 11.0. The molecule has 5 rings (SSSR count). The van der Waals surface area contributed by atoms with Crippen molar-refractivity contribution in [2.45, 2.75) is 12.5 Å². The van der Waals surface area contributed by atoms with E-state index in [2.05, 4.69) is 20.6 Å².